The highest BCUT2D eigenvalue weighted by molar-refractivity contribution is 7.15. The van der Waals surface area contributed by atoms with Gasteiger partial charge in [-0.2, -0.15) is 0 Å². The Balaban J connectivity index is 1.47. The molecule has 2 aromatic rings. The second-order valence-electron chi connectivity index (χ2n) is 6.48. The van der Waals surface area contributed by atoms with Gasteiger partial charge in [-0.1, -0.05) is 6.07 Å². The first-order chi connectivity index (χ1) is 11.6. The quantitative estimate of drug-likeness (QED) is 0.934. The van der Waals surface area contributed by atoms with E-state index >= 15 is 0 Å². The molecule has 2 aliphatic rings. The van der Waals surface area contributed by atoms with Crippen molar-refractivity contribution in [3.05, 3.63) is 40.4 Å². The molecule has 1 atom stereocenters. The summed E-state index contributed by atoms with van der Waals surface area (Å²) in [4.78, 5) is 31.7. The Morgan fingerprint density at radius 2 is 2.17 bits per heavy atom. The summed E-state index contributed by atoms with van der Waals surface area (Å²) in [5.41, 5.74) is 3.64. The van der Waals surface area contributed by atoms with E-state index in [1.165, 1.54) is 28.9 Å². The van der Waals surface area contributed by atoms with Gasteiger partial charge in [-0.15, -0.1) is 11.3 Å². The van der Waals surface area contributed by atoms with E-state index in [0.29, 0.717) is 11.7 Å². The molecule has 4 rings (SSSR count). The van der Waals surface area contributed by atoms with Gasteiger partial charge in [0.15, 0.2) is 5.13 Å². The molecule has 1 aliphatic heterocycles. The number of hydrogen-bond acceptors (Lipinski definition) is 4. The maximum Gasteiger partial charge on any atom is 0.231 e. The Morgan fingerprint density at radius 1 is 1.33 bits per heavy atom. The fourth-order valence-electron chi connectivity index (χ4n) is 3.48. The number of rotatable bonds is 3. The molecule has 1 saturated heterocycles. The lowest BCUT2D eigenvalue weighted by atomic mass is 10.1. The van der Waals surface area contributed by atoms with Crippen LogP contribution in [-0.2, 0) is 22.4 Å². The van der Waals surface area contributed by atoms with Crippen LogP contribution in [0.1, 0.15) is 28.8 Å². The van der Waals surface area contributed by atoms with Crippen LogP contribution in [0, 0.1) is 12.8 Å². The van der Waals surface area contributed by atoms with E-state index < -0.39 is 0 Å². The lowest BCUT2D eigenvalue weighted by Crippen LogP contribution is -2.28. The van der Waals surface area contributed by atoms with Crippen LogP contribution in [-0.4, -0.2) is 23.3 Å². The van der Waals surface area contributed by atoms with Crippen molar-refractivity contribution >= 4 is 34.0 Å². The number of aromatic nitrogens is 1. The van der Waals surface area contributed by atoms with Crippen molar-refractivity contribution in [3.8, 4) is 0 Å². The normalized spacial score (nSPS) is 19.6. The Hall–Kier alpha value is -2.21. The van der Waals surface area contributed by atoms with E-state index in [4.69, 9.17) is 0 Å². The SMILES string of the molecule is Cc1cnc(NC(=O)[C@@H]2CC(=O)N(c3ccc4c(c3)CCC4)C2)s1. The van der Waals surface area contributed by atoms with E-state index in [0.717, 1.165) is 23.4 Å². The average Bonchev–Trinajstić information content (AvgIpc) is 3.26. The van der Waals surface area contributed by atoms with Gasteiger partial charge in [-0.3, -0.25) is 9.59 Å². The first-order valence-corrected chi connectivity index (χ1v) is 9.07. The number of nitrogens with one attached hydrogen (secondary N) is 1. The molecule has 0 saturated carbocycles. The van der Waals surface area contributed by atoms with Crippen LogP contribution in [0.15, 0.2) is 24.4 Å². The van der Waals surface area contributed by atoms with Gasteiger partial charge in [-0.05, 0) is 49.4 Å². The summed E-state index contributed by atoms with van der Waals surface area (Å²) in [5, 5.41) is 3.43. The van der Waals surface area contributed by atoms with Crippen LogP contribution in [0.25, 0.3) is 0 Å². The second-order valence-corrected chi connectivity index (χ2v) is 7.71. The maximum absolute atomic E-state index is 12.4. The van der Waals surface area contributed by atoms with Crippen molar-refractivity contribution in [1.29, 1.82) is 0 Å². The summed E-state index contributed by atoms with van der Waals surface area (Å²) in [6.07, 6.45) is 5.38. The highest BCUT2D eigenvalue weighted by Gasteiger charge is 2.35. The summed E-state index contributed by atoms with van der Waals surface area (Å²) in [5.74, 6) is -0.431. The number of thiazole rings is 1. The molecule has 5 nitrogen and oxygen atoms in total. The molecule has 0 bridgehead atoms. The van der Waals surface area contributed by atoms with Crippen molar-refractivity contribution in [2.24, 2.45) is 5.92 Å². The molecule has 2 heterocycles. The Kier molecular flexibility index (Phi) is 3.84. The topological polar surface area (TPSA) is 62.3 Å². The van der Waals surface area contributed by atoms with Crippen molar-refractivity contribution < 1.29 is 9.59 Å². The van der Waals surface area contributed by atoms with E-state index in [1.807, 2.05) is 13.0 Å². The molecular formula is C18H19N3O2S. The molecule has 0 radical (unpaired) electrons. The van der Waals surface area contributed by atoms with Crippen molar-refractivity contribution in [1.82, 2.24) is 4.98 Å². The van der Waals surface area contributed by atoms with E-state index in [2.05, 4.69) is 22.4 Å². The van der Waals surface area contributed by atoms with Crippen LogP contribution in [0.5, 0.6) is 0 Å². The summed E-state index contributed by atoms with van der Waals surface area (Å²) < 4.78 is 0. The Morgan fingerprint density at radius 3 is 2.96 bits per heavy atom. The lowest BCUT2D eigenvalue weighted by Gasteiger charge is -2.17. The van der Waals surface area contributed by atoms with Gasteiger partial charge in [0.2, 0.25) is 11.8 Å². The Labute approximate surface area is 144 Å². The fourth-order valence-corrected chi connectivity index (χ4v) is 4.15. The second kappa shape index (κ2) is 6.02. The number of benzene rings is 1. The molecule has 124 valence electrons. The molecule has 1 aliphatic carbocycles. The van der Waals surface area contributed by atoms with Crippen LogP contribution in [0.4, 0.5) is 10.8 Å². The molecule has 1 N–H and O–H groups in total. The molecule has 1 aromatic carbocycles. The van der Waals surface area contributed by atoms with Gasteiger partial charge in [-0.25, -0.2) is 4.98 Å². The number of carbonyl (C=O) groups excluding carboxylic acids is 2. The maximum atomic E-state index is 12.4. The highest BCUT2D eigenvalue weighted by atomic mass is 32.1. The van der Waals surface area contributed by atoms with Gasteiger partial charge in [0, 0.05) is 29.7 Å². The van der Waals surface area contributed by atoms with Crippen LogP contribution >= 0.6 is 11.3 Å². The van der Waals surface area contributed by atoms with Gasteiger partial charge >= 0.3 is 0 Å². The first-order valence-electron chi connectivity index (χ1n) is 8.25. The van der Waals surface area contributed by atoms with E-state index in [1.54, 1.807) is 11.1 Å². The Bertz CT molecular complexity index is 814. The standard InChI is InChI=1S/C18H19N3O2S/c1-11-9-19-18(24-11)20-17(23)14-8-16(22)21(10-14)15-6-5-12-3-2-4-13(12)7-15/h5-7,9,14H,2-4,8,10H2,1H3,(H,19,20,23)/t14-/m1/s1. The zero-order valence-corrected chi connectivity index (χ0v) is 14.4. The monoisotopic (exact) mass is 341 g/mol. The molecule has 24 heavy (non-hydrogen) atoms. The van der Waals surface area contributed by atoms with Crippen LogP contribution in [0.2, 0.25) is 0 Å². The van der Waals surface area contributed by atoms with E-state index in [-0.39, 0.29) is 24.2 Å². The highest BCUT2D eigenvalue weighted by Crippen LogP contribution is 2.31. The third-order valence-electron chi connectivity index (χ3n) is 4.74. The van der Waals surface area contributed by atoms with Gasteiger partial charge in [0.25, 0.3) is 0 Å². The van der Waals surface area contributed by atoms with Gasteiger partial charge < -0.3 is 10.2 Å². The zero-order valence-electron chi connectivity index (χ0n) is 13.5. The van der Waals surface area contributed by atoms with Crippen molar-refractivity contribution in [2.45, 2.75) is 32.6 Å². The molecule has 1 aromatic heterocycles. The number of nitrogens with zero attached hydrogens (tertiary/aromatic N) is 2. The number of hydrogen-bond donors (Lipinski definition) is 1. The number of amides is 2. The third kappa shape index (κ3) is 2.82. The van der Waals surface area contributed by atoms with Gasteiger partial charge in [0.1, 0.15) is 0 Å². The summed E-state index contributed by atoms with van der Waals surface area (Å²) in [7, 11) is 0. The minimum atomic E-state index is -0.324. The number of aryl methyl sites for hydroxylation is 3. The smallest absolute Gasteiger partial charge is 0.231 e. The van der Waals surface area contributed by atoms with Gasteiger partial charge in [0.05, 0.1) is 5.92 Å². The predicted octanol–water partition coefficient (Wildman–Crippen LogP) is 2.93. The summed E-state index contributed by atoms with van der Waals surface area (Å²) >= 11 is 1.44. The minimum absolute atomic E-state index is 0.0171. The van der Waals surface area contributed by atoms with Crippen LogP contribution in [0.3, 0.4) is 0 Å². The first kappa shape index (κ1) is 15.3. The van der Waals surface area contributed by atoms with Crippen molar-refractivity contribution in [2.75, 3.05) is 16.8 Å². The van der Waals surface area contributed by atoms with Crippen molar-refractivity contribution in [3.63, 3.8) is 0 Å². The average molecular weight is 341 g/mol. The summed E-state index contributed by atoms with van der Waals surface area (Å²) in [6, 6.07) is 6.24. The number of anilines is 2. The molecule has 1 fully saturated rings. The lowest BCUT2D eigenvalue weighted by molar-refractivity contribution is -0.122. The third-order valence-corrected chi connectivity index (χ3v) is 5.57. The van der Waals surface area contributed by atoms with E-state index in [9.17, 15) is 9.59 Å². The number of carbonyl (C=O) groups is 2. The number of fused-ring (bicyclic) bond motifs is 1. The van der Waals surface area contributed by atoms with Crippen LogP contribution < -0.4 is 10.2 Å². The largest absolute Gasteiger partial charge is 0.312 e. The minimum Gasteiger partial charge on any atom is -0.312 e. The molecule has 6 heteroatoms. The molecule has 2 amide bonds. The molecule has 0 spiro atoms. The molecular weight excluding hydrogens is 322 g/mol. The fraction of sp³-hybridized carbons (Fsp3) is 0.389. The summed E-state index contributed by atoms with van der Waals surface area (Å²) in [6.45, 7) is 2.38. The predicted molar refractivity (Wildman–Crippen MR) is 94.4 cm³/mol. The molecule has 0 unspecified atom stereocenters. The zero-order chi connectivity index (χ0) is 16.7.